The van der Waals surface area contributed by atoms with Gasteiger partial charge in [-0.25, -0.2) is 15.8 Å². The second-order valence-corrected chi connectivity index (χ2v) is 3.93. The third-order valence-electron chi connectivity index (χ3n) is 2.67. The Hall–Kier alpha value is -2.34. The number of nitrogen functional groups attached to an aromatic ring is 1. The van der Waals surface area contributed by atoms with E-state index in [1.54, 1.807) is 14.2 Å². The van der Waals surface area contributed by atoms with Crippen molar-refractivity contribution in [2.24, 2.45) is 5.84 Å². The Kier molecular flexibility index (Phi) is 3.82. The summed E-state index contributed by atoms with van der Waals surface area (Å²) in [5.41, 5.74) is 4.85. The molecule has 0 fully saturated rings. The van der Waals surface area contributed by atoms with E-state index in [1.165, 1.54) is 0 Å². The van der Waals surface area contributed by atoms with Crippen LogP contribution in [0.1, 0.15) is 5.69 Å². The topological polar surface area (TPSA) is 82.3 Å². The fraction of sp³-hybridized carbons (Fsp3) is 0.231. The maximum atomic E-state index is 5.36. The van der Waals surface area contributed by atoms with Gasteiger partial charge >= 0.3 is 0 Å². The quantitative estimate of drug-likeness (QED) is 0.644. The highest BCUT2D eigenvalue weighted by molar-refractivity contribution is 5.69. The fourth-order valence-corrected chi connectivity index (χ4v) is 1.78. The molecule has 0 saturated carbocycles. The Morgan fingerprint density at radius 2 is 1.89 bits per heavy atom. The molecule has 1 heterocycles. The van der Waals surface area contributed by atoms with Gasteiger partial charge in [0.1, 0.15) is 11.5 Å². The predicted molar refractivity (Wildman–Crippen MR) is 73.1 cm³/mol. The molecule has 2 aromatic rings. The maximum Gasteiger partial charge on any atom is 0.237 e. The largest absolute Gasteiger partial charge is 0.497 e. The van der Waals surface area contributed by atoms with Crippen LogP contribution in [0.3, 0.4) is 0 Å². The van der Waals surface area contributed by atoms with Crippen molar-refractivity contribution in [2.75, 3.05) is 19.6 Å². The number of nitrogens with two attached hydrogens (primary N) is 1. The first-order valence-electron chi connectivity index (χ1n) is 5.72. The van der Waals surface area contributed by atoms with E-state index in [4.69, 9.17) is 15.3 Å². The summed E-state index contributed by atoms with van der Waals surface area (Å²) < 4.78 is 10.5. The number of rotatable bonds is 4. The monoisotopic (exact) mass is 260 g/mol. The highest BCUT2D eigenvalue weighted by atomic mass is 16.5. The lowest BCUT2D eigenvalue weighted by Crippen LogP contribution is -2.11. The van der Waals surface area contributed by atoms with Crippen molar-refractivity contribution in [1.82, 2.24) is 9.97 Å². The van der Waals surface area contributed by atoms with Crippen LogP contribution in [0.5, 0.6) is 11.5 Å². The smallest absolute Gasteiger partial charge is 0.237 e. The molecule has 0 amide bonds. The summed E-state index contributed by atoms with van der Waals surface area (Å²) in [5, 5.41) is 0. The second kappa shape index (κ2) is 5.53. The van der Waals surface area contributed by atoms with Crippen molar-refractivity contribution in [3.05, 3.63) is 30.0 Å². The van der Waals surface area contributed by atoms with Crippen molar-refractivity contribution in [1.29, 1.82) is 0 Å². The Morgan fingerprint density at radius 3 is 2.53 bits per heavy atom. The first kappa shape index (κ1) is 13.1. The Labute approximate surface area is 111 Å². The number of aromatic nitrogens is 2. The van der Waals surface area contributed by atoms with Crippen LogP contribution in [0.15, 0.2) is 24.3 Å². The van der Waals surface area contributed by atoms with E-state index in [1.807, 2.05) is 31.2 Å². The molecule has 1 aromatic heterocycles. The number of hydrogen-bond donors (Lipinski definition) is 2. The zero-order chi connectivity index (χ0) is 13.8. The van der Waals surface area contributed by atoms with Crippen LogP contribution in [-0.4, -0.2) is 24.2 Å². The molecule has 0 radical (unpaired) electrons. The molecule has 0 aliphatic carbocycles. The van der Waals surface area contributed by atoms with E-state index in [-0.39, 0.29) is 0 Å². The Bertz CT molecular complexity index is 587. The van der Waals surface area contributed by atoms with Gasteiger partial charge in [0.15, 0.2) is 0 Å². The van der Waals surface area contributed by atoms with E-state index >= 15 is 0 Å². The van der Waals surface area contributed by atoms with Crippen molar-refractivity contribution in [3.8, 4) is 22.8 Å². The van der Waals surface area contributed by atoms with Crippen LogP contribution < -0.4 is 20.7 Å². The number of ether oxygens (including phenoxy) is 2. The molecule has 19 heavy (non-hydrogen) atoms. The van der Waals surface area contributed by atoms with Crippen LogP contribution in [0.4, 0.5) is 5.95 Å². The van der Waals surface area contributed by atoms with Crippen LogP contribution >= 0.6 is 0 Å². The van der Waals surface area contributed by atoms with Gasteiger partial charge in [0, 0.05) is 17.3 Å². The Balaban J connectivity index is 2.54. The summed E-state index contributed by atoms with van der Waals surface area (Å²) in [6.07, 6.45) is 0. The van der Waals surface area contributed by atoms with Gasteiger partial charge in [-0.05, 0) is 25.1 Å². The Morgan fingerprint density at radius 1 is 1.11 bits per heavy atom. The van der Waals surface area contributed by atoms with Crippen LogP contribution in [0.25, 0.3) is 11.3 Å². The lowest BCUT2D eigenvalue weighted by atomic mass is 10.1. The summed E-state index contributed by atoms with van der Waals surface area (Å²) in [4.78, 5) is 8.47. The molecule has 0 unspecified atom stereocenters. The number of nitrogens with zero attached hydrogens (tertiary/aromatic N) is 2. The molecular weight excluding hydrogens is 244 g/mol. The number of methoxy groups -OCH3 is 2. The molecule has 0 atom stereocenters. The van der Waals surface area contributed by atoms with E-state index in [9.17, 15) is 0 Å². The van der Waals surface area contributed by atoms with E-state index < -0.39 is 0 Å². The molecule has 6 nitrogen and oxygen atoms in total. The highest BCUT2D eigenvalue weighted by Gasteiger charge is 2.10. The van der Waals surface area contributed by atoms with Crippen molar-refractivity contribution >= 4 is 5.95 Å². The normalized spacial score (nSPS) is 10.1. The first-order chi connectivity index (χ1) is 9.17. The van der Waals surface area contributed by atoms with Crippen molar-refractivity contribution in [3.63, 3.8) is 0 Å². The van der Waals surface area contributed by atoms with Crippen molar-refractivity contribution < 1.29 is 9.47 Å². The van der Waals surface area contributed by atoms with E-state index in [0.717, 1.165) is 22.7 Å². The number of anilines is 1. The fourth-order valence-electron chi connectivity index (χ4n) is 1.78. The van der Waals surface area contributed by atoms with Crippen LogP contribution in [0.2, 0.25) is 0 Å². The zero-order valence-corrected chi connectivity index (χ0v) is 11.1. The van der Waals surface area contributed by atoms with Gasteiger partial charge in [0.25, 0.3) is 0 Å². The molecule has 0 saturated heterocycles. The zero-order valence-electron chi connectivity index (χ0n) is 11.1. The third kappa shape index (κ3) is 2.74. The molecule has 2 rings (SSSR count). The molecule has 3 N–H and O–H groups in total. The third-order valence-corrected chi connectivity index (χ3v) is 2.67. The molecule has 0 spiro atoms. The summed E-state index contributed by atoms with van der Waals surface area (Å²) in [6, 6.07) is 7.41. The number of benzene rings is 1. The molecular formula is C13H16N4O2. The summed E-state index contributed by atoms with van der Waals surface area (Å²) in [7, 11) is 3.22. The van der Waals surface area contributed by atoms with Gasteiger partial charge in [-0.15, -0.1) is 0 Å². The lowest BCUT2D eigenvalue weighted by Gasteiger charge is -2.11. The standard InChI is InChI=1S/C13H16N4O2/c1-8-6-11(16-13(15-8)17-14)10-5-4-9(18-2)7-12(10)19-3/h4-7H,14H2,1-3H3,(H,15,16,17). The average Bonchev–Trinajstić information content (AvgIpc) is 2.45. The number of aryl methyl sites for hydroxylation is 1. The van der Waals surface area contributed by atoms with Crippen molar-refractivity contribution in [2.45, 2.75) is 6.92 Å². The minimum absolute atomic E-state index is 0.368. The van der Waals surface area contributed by atoms with Gasteiger partial charge in [0.2, 0.25) is 5.95 Å². The molecule has 0 aliphatic heterocycles. The van der Waals surface area contributed by atoms with Gasteiger partial charge < -0.3 is 9.47 Å². The summed E-state index contributed by atoms with van der Waals surface area (Å²) >= 11 is 0. The SMILES string of the molecule is COc1ccc(-c2cc(C)nc(NN)n2)c(OC)c1. The van der Waals surface area contributed by atoms with Gasteiger partial charge in [-0.3, -0.25) is 5.43 Å². The van der Waals surface area contributed by atoms with Gasteiger partial charge in [0.05, 0.1) is 19.9 Å². The molecule has 6 heteroatoms. The van der Waals surface area contributed by atoms with E-state index in [0.29, 0.717) is 11.7 Å². The number of hydrazine groups is 1. The predicted octanol–water partition coefficient (Wildman–Crippen LogP) is 1.75. The number of hydrogen-bond acceptors (Lipinski definition) is 6. The molecule has 0 bridgehead atoms. The summed E-state index contributed by atoms with van der Waals surface area (Å²) in [6.45, 7) is 1.88. The second-order valence-electron chi connectivity index (χ2n) is 3.93. The minimum atomic E-state index is 0.368. The number of nitrogens with one attached hydrogen (secondary N) is 1. The van der Waals surface area contributed by atoms with Gasteiger partial charge in [-0.1, -0.05) is 0 Å². The lowest BCUT2D eigenvalue weighted by molar-refractivity contribution is 0.395. The van der Waals surface area contributed by atoms with Gasteiger partial charge in [-0.2, -0.15) is 0 Å². The first-order valence-corrected chi connectivity index (χ1v) is 5.72. The van der Waals surface area contributed by atoms with Crippen LogP contribution in [-0.2, 0) is 0 Å². The minimum Gasteiger partial charge on any atom is -0.497 e. The maximum absolute atomic E-state index is 5.36. The molecule has 100 valence electrons. The van der Waals surface area contributed by atoms with Crippen LogP contribution in [0, 0.1) is 6.92 Å². The van der Waals surface area contributed by atoms with E-state index in [2.05, 4.69) is 15.4 Å². The average molecular weight is 260 g/mol. The molecule has 1 aromatic carbocycles. The molecule has 0 aliphatic rings. The summed E-state index contributed by atoms with van der Waals surface area (Å²) in [5.74, 6) is 7.13. The highest BCUT2D eigenvalue weighted by Crippen LogP contribution is 2.32.